The predicted molar refractivity (Wildman–Crippen MR) is 57.2 cm³/mol. The van der Waals surface area contributed by atoms with Crippen LogP contribution < -0.4 is 5.32 Å². The third-order valence-electron chi connectivity index (χ3n) is 1.99. The van der Waals surface area contributed by atoms with Crippen molar-refractivity contribution in [1.82, 2.24) is 5.32 Å². The number of likely N-dealkylation sites (N-methyl/N-ethyl adjacent to an activating group) is 1. The van der Waals surface area contributed by atoms with Gasteiger partial charge in [-0.25, -0.2) is 0 Å². The molecule has 0 saturated carbocycles. The predicted octanol–water partition coefficient (Wildman–Crippen LogP) is 1.87. The molecule has 0 saturated heterocycles. The van der Waals surface area contributed by atoms with Gasteiger partial charge in [-0.2, -0.15) is 0 Å². The standard InChI is InChI=1S/C10H17NOS/c1-4-11-7-10(3,12)9-6-5-8(2)13-9/h5-6,11-12H,4,7H2,1-3H3. The molecule has 1 aromatic rings. The molecule has 13 heavy (non-hydrogen) atoms. The maximum Gasteiger partial charge on any atom is 0.108 e. The number of aryl methyl sites for hydroxylation is 1. The monoisotopic (exact) mass is 199 g/mol. The Kier molecular flexibility index (Phi) is 3.47. The summed E-state index contributed by atoms with van der Waals surface area (Å²) in [6.07, 6.45) is 0. The fraction of sp³-hybridized carbons (Fsp3) is 0.600. The summed E-state index contributed by atoms with van der Waals surface area (Å²) in [7, 11) is 0. The Morgan fingerprint density at radius 1 is 1.54 bits per heavy atom. The molecule has 0 bridgehead atoms. The maximum absolute atomic E-state index is 10.1. The van der Waals surface area contributed by atoms with Crippen LogP contribution in [0.3, 0.4) is 0 Å². The highest BCUT2D eigenvalue weighted by molar-refractivity contribution is 7.12. The molecule has 1 unspecified atom stereocenters. The average Bonchev–Trinajstić information content (AvgIpc) is 2.49. The van der Waals surface area contributed by atoms with Crippen LogP contribution in [0.4, 0.5) is 0 Å². The summed E-state index contributed by atoms with van der Waals surface area (Å²) in [5, 5.41) is 13.2. The molecule has 0 aliphatic carbocycles. The highest BCUT2D eigenvalue weighted by atomic mass is 32.1. The largest absolute Gasteiger partial charge is 0.383 e. The quantitative estimate of drug-likeness (QED) is 0.776. The molecule has 0 aliphatic heterocycles. The van der Waals surface area contributed by atoms with Gasteiger partial charge in [-0.05, 0) is 32.5 Å². The number of nitrogens with one attached hydrogen (secondary N) is 1. The molecule has 1 aromatic heterocycles. The van der Waals surface area contributed by atoms with Crippen LogP contribution in [0.2, 0.25) is 0 Å². The normalized spacial score (nSPS) is 15.7. The van der Waals surface area contributed by atoms with E-state index in [9.17, 15) is 5.11 Å². The molecular weight excluding hydrogens is 182 g/mol. The second-order valence-corrected chi connectivity index (χ2v) is 4.75. The Morgan fingerprint density at radius 3 is 2.69 bits per heavy atom. The fourth-order valence-corrected chi connectivity index (χ4v) is 2.09. The van der Waals surface area contributed by atoms with Gasteiger partial charge in [0.05, 0.1) is 0 Å². The highest BCUT2D eigenvalue weighted by Gasteiger charge is 2.23. The van der Waals surface area contributed by atoms with Crippen LogP contribution in [0.15, 0.2) is 12.1 Å². The molecule has 74 valence electrons. The number of hydrogen-bond donors (Lipinski definition) is 2. The molecule has 1 atom stereocenters. The van der Waals surface area contributed by atoms with Crippen molar-refractivity contribution in [2.75, 3.05) is 13.1 Å². The first-order valence-electron chi connectivity index (χ1n) is 4.56. The zero-order valence-electron chi connectivity index (χ0n) is 8.42. The molecule has 0 fully saturated rings. The van der Waals surface area contributed by atoms with Gasteiger partial charge in [-0.1, -0.05) is 6.92 Å². The molecular formula is C10H17NOS. The van der Waals surface area contributed by atoms with E-state index < -0.39 is 5.60 Å². The molecule has 0 radical (unpaired) electrons. The topological polar surface area (TPSA) is 32.3 Å². The van der Waals surface area contributed by atoms with Gasteiger partial charge in [-0.3, -0.25) is 0 Å². The van der Waals surface area contributed by atoms with E-state index in [4.69, 9.17) is 0 Å². The van der Waals surface area contributed by atoms with Crippen LogP contribution in [0, 0.1) is 6.92 Å². The van der Waals surface area contributed by atoms with E-state index in [1.165, 1.54) is 4.88 Å². The number of rotatable bonds is 4. The molecule has 2 nitrogen and oxygen atoms in total. The van der Waals surface area contributed by atoms with Gasteiger partial charge in [0.15, 0.2) is 0 Å². The van der Waals surface area contributed by atoms with Gasteiger partial charge in [0, 0.05) is 16.3 Å². The summed E-state index contributed by atoms with van der Waals surface area (Å²) in [6.45, 7) is 7.44. The van der Waals surface area contributed by atoms with Gasteiger partial charge in [0.25, 0.3) is 0 Å². The lowest BCUT2D eigenvalue weighted by atomic mass is 10.1. The maximum atomic E-state index is 10.1. The zero-order valence-corrected chi connectivity index (χ0v) is 9.24. The zero-order chi connectivity index (χ0) is 9.90. The van der Waals surface area contributed by atoms with Crippen molar-refractivity contribution in [1.29, 1.82) is 0 Å². The summed E-state index contributed by atoms with van der Waals surface area (Å²) in [4.78, 5) is 2.28. The van der Waals surface area contributed by atoms with E-state index in [2.05, 4.69) is 12.2 Å². The lowest BCUT2D eigenvalue weighted by molar-refractivity contribution is 0.0614. The SMILES string of the molecule is CCNCC(C)(O)c1ccc(C)s1. The third-order valence-corrected chi connectivity index (χ3v) is 3.24. The second kappa shape index (κ2) is 4.22. The van der Waals surface area contributed by atoms with Crippen LogP contribution >= 0.6 is 11.3 Å². The first-order valence-corrected chi connectivity index (χ1v) is 5.38. The number of thiophene rings is 1. The Labute approximate surface area is 83.6 Å². The van der Waals surface area contributed by atoms with Crippen molar-refractivity contribution in [3.8, 4) is 0 Å². The van der Waals surface area contributed by atoms with Crippen molar-refractivity contribution >= 4 is 11.3 Å². The lowest BCUT2D eigenvalue weighted by Crippen LogP contribution is -2.34. The summed E-state index contributed by atoms with van der Waals surface area (Å²) in [5.41, 5.74) is -0.727. The highest BCUT2D eigenvalue weighted by Crippen LogP contribution is 2.27. The minimum atomic E-state index is -0.727. The van der Waals surface area contributed by atoms with Crippen molar-refractivity contribution in [2.24, 2.45) is 0 Å². The minimum absolute atomic E-state index is 0.615. The van der Waals surface area contributed by atoms with E-state index in [-0.39, 0.29) is 0 Å². The minimum Gasteiger partial charge on any atom is -0.383 e. The molecule has 3 heteroatoms. The first-order chi connectivity index (χ1) is 6.06. The molecule has 2 N–H and O–H groups in total. The third kappa shape index (κ3) is 2.79. The molecule has 0 amide bonds. The molecule has 0 aliphatic rings. The first kappa shape index (κ1) is 10.7. The van der Waals surface area contributed by atoms with Crippen LogP contribution in [-0.4, -0.2) is 18.2 Å². The van der Waals surface area contributed by atoms with Crippen LogP contribution in [0.5, 0.6) is 0 Å². The van der Waals surface area contributed by atoms with Gasteiger partial charge >= 0.3 is 0 Å². The fourth-order valence-electron chi connectivity index (χ4n) is 1.18. The number of aliphatic hydroxyl groups is 1. The summed E-state index contributed by atoms with van der Waals surface area (Å²) < 4.78 is 0. The van der Waals surface area contributed by atoms with Crippen LogP contribution in [0.25, 0.3) is 0 Å². The van der Waals surface area contributed by atoms with Crippen molar-refractivity contribution in [2.45, 2.75) is 26.4 Å². The van der Waals surface area contributed by atoms with E-state index in [1.54, 1.807) is 11.3 Å². The summed E-state index contributed by atoms with van der Waals surface area (Å²) in [6, 6.07) is 4.04. The van der Waals surface area contributed by atoms with Crippen molar-refractivity contribution in [3.63, 3.8) is 0 Å². The molecule has 0 aromatic carbocycles. The van der Waals surface area contributed by atoms with Crippen molar-refractivity contribution in [3.05, 3.63) is 21.9 Å². The summed E-state index contributed by atoms with van der Waals surface area (Å²) in [5.74, 6) is 0. The Morgan fingerprint density at radius 2 is 2.23 bits per heavy atom. The summed E-state index contributed by atoms with van der Waals surface area (Å²) >= 11 is 1.66. The van der Waals surface area contributed by atoms with Gasteiger partial charge in [0.1, 0.15) is 5.60 Å². The van der Waals surface area contributed by atoms with E-state index in [0.29, 0.717) is 6.54 Å². The van der Waals surface area contributed by atoms with E-state index >= 15 is 0 Å². The van der Waals surface area contributed by atoms with Gasteiger partial charge in [-0.15, -0.1) is 11.3 Å². The number of hydrogen-bond acceptors (Lipinski definition) is 3. The van der Waals surface area contributed by atoms with Gasteiger partial charge in [0.2, 0.25) is 0 Å². The van der Waals surface area contributed by atoms with Crippen LogP contribution in [-0.2, 0) is 5.60 Å². The molecule has 1 rings (SSSR count). The lowest BCUT2D eigenvalue weighted by Gasteiger charge is -2.21. The smallest absolute Gasteiger partial charge is 0.108 e. The Balaban J connectivity index is 2.68. The average molecular weight is 199 g/mol. The Bertz CT molecular complexity index is 268. The molecule has 0 spiro atoms. The van der Waals surface area contributed by atoms with Crippen LogP contribution in [0.1, 0.15) is 23.6 Å². The Hall–Kier alpha value is -0.380. The van der Waals surface area contributed by atoms with Crippen molar-refractivity contribution < 1.29 is 5.11 Å². The van der Waals surface area contributed by atoms with E-state index in [1.807, 2.05) is 26.0 Å². The molecule has 1 heterocycles. The van der Waals surface area contributed by atoms with E-state index in [0.717, 1.165) is 11.4 Å². The second-order valence-electron chi connectivity index (χ2n) is 3.46. The van der Waals surface area contributed by atoms with Gasteiger partial charge < -0.3 is 10.4 Å².